The summed E-state index contributed by atoms with van der Waals surface area (Å²) in [6, 6.07) is 16.6. The average Bonchev–Trinajstić information content (AvgIpc) is 2.73. The predicted molar refractivity (Wildman–Crippen MR) is 114 cm³/mol. The lowest BCUT2D eigenvalue weighted by atomic mass is 9.93. The number of carbonyl (C=O) groups is 1. The van der Waals surface area contributed by atoms with E-state index in [1.54, 1.807) is 18.3 Å². The van der Waals surface area contributed by atoms with E-state index in [-0.39, 0.29) is 19.1 Å². The van der Waals surface area contributed by atoms with Crippen LogP contribution in [0.3, 0.4) is 0 Å². The Kier molecular flexibility index (Phi) is 6.46. The van der Waals surface area contributed by atoms with E-state index in [0.29, 0.717) is 5.75 Å². The number of amides is 1. The number of hydrogen-bond acceptors (Lipinski definition) is 5. The summed E-state index contributed by atoms with van der Waals surface area (Å²) in [5.74, 6) is -0.0317. The molecule has 4 N–H and O–H groups in total. The van der Waals surface area contributed by atoms with Gasteiger partial charge in [-0.15, -0.1) is 0 Å². The van der Waals surface area contributed by atoms with Gasteiger partial charge in [0.2, 0.25) is 5.91 Å². The van der Waals surface area contributed by atoms with E-state index in [1.807, 2.05) is 62.4 Å². The van der Waals surface area contributed by atoms with Crippen molar-refractivity contribution in [2.45, 2.75) is 31.5 Å². The minimum absolute atomic E-state index is 0.145. The van der Waals surface area contributed by atoms with E-state index in [4.69, 9.17) is 10.5 Å². The Morgan fingerprint density at radius 2 is 1.90 bits per heavy atom. The molecule has 0 spiro atoms. The quantitative estimate of drug-likeness (QED) is 0.642. The van der Waals surface area contributed by atoms with E-state index < -0.39 is 17.7 Å². The molecular weight excluding hydrogens is 366 g/mol. The van der Waals surface area contributed by atoms with Crippen LogP contribution in [0.25, 0.3) is 0 Å². The molecular formula is C23H27N3O3. The summed E-state index contributed by atoms with van der Waals surface area (Å²) >= 11 is 0. The zero-order valence-electron chi connectivity index (χ0n) is 16.7. The van der Waals surface area contributed by atoms with Gasteiger partial charge in [0.05, 0.1) is 5.92 Å². The van der Waals surface area contributed by atoms with Crippen molar-refractivity contribution in [3.05, 3.63) is 77.4 Å². The monoisotopic (exact) mass is 393 g/mol. The molecule has 6 nitrogen and oxygen atoms in total. The van der Waals surface area contributed by atoms with Crippen molar-refractivity contribution in [3.8, 4) is 5.75 Å². The second-order valence-electron chi connectivity index (χ2n) is 7.16. The molecule has 0 fully saturated rings. The highest BCUT2D eigenvalue weighted by atomic mass is 16.5. The van der Waals surface area contributed by atoms with Crippen molar-refractivity contribution in [1.29, 1.82) is 0 Å². The number of nitrogens with two attached hydrogens (primary N) is 1. The van der Waals surface area contributed by atoms with Crippen LogP contribution in [0.4, 0.5) is 0 Å². The molecule has 6 heteroatoms. The molecule has 1 amide bonds. The van der Waals surface area contributed by atoms with Crippen LogP contribution in [-0.4, -0.2) is 36.0 Å². The number of allylic oxidation sites excluding steroid dienone is 1. The molecule has 3 rings (SSSR count). The second-order valence-corrected chi connectivity index (χ2v) is 7.16. The highest BCUT2D eigenvalue weighted by Crippen LogP contribution is 2.27. The van der Waals surface area contributed by atoms with Crippen LogP contribution in [0.2, 0.25) is 0 Å². The SMILES string of the molecule is C/C=C1/C=NC1(C)NC(=O)C(CN)c1ccc(OCC(O)c2ccccc2)cc1. The first-order valence-electron chi connectivity index (χ1n) is 9.66. The highest BCUT2D eigenvalue weighted by molar-refractivity contribution is 5.93. The first-order chi connectivity index (χ1) is 14.0. The number of nitrogens with zero attached hydrogens (tertiary/aromatic N) is 1. The molecule has 1 heterocycles. The Bertz CT molecular complexity index is 893. The maximum atomic E-state index is 12.7. The van der Waals surface area contributed by atoms with Crippen molar-refractivity contribution < 1.29 is 14.6 Å². The number of aliphatic hydroxyl groups excluding tert-OH is 1. The first kappa shape index (κ1) is 20.8. The maximum Gasteiger partial charge on any atom is 0.230 e. The Balaban J connectivity index is 1.60. The maximum absolute atomic E-state index is 12.7. The van der Waals surface area contributed by atoms with E-state index in [2.05, 4.69) is 10.3 Å². The van der Waals surface area contributed by atoms with Gasteiger partial charge >= 0.3 is 0 Å². The second kappa shape index (κ2) is 9.03. The highest BCUT2D eigenvalue weighted by Gasteiger charge is 2.36. The normalized spacial score (nSPS) is 21.3. The molecule has 152 valence electrons. The standard InChI is InChI=1S/C23H27N3O3/c1-3-18-14-25-23(18,2)26-22(28)20(13-24)16-9-11-19(12-10-16)29-15-21(27)17-7-5-4-6-8-17/h3-12,14,20-21,27H,13,15,24H2,1-2H3,(H,26,28)/b18-3-. The van der Waals surface area contributed by atoms with E-state index in [9.17, 15) is 9.90 Å². The molecule has 0 saturated carbocycles. The minimum atomic E-state index is -0.706. The van der Waals surface area contributed by atoms with Crippen molar-refractivity contribution in [2.75, 3.05) is 13.2 Å². The number of rotatable bonds is 8. The molecule has 3 unspecified atom stereocenters. The van der Waals surface area contributed by atoms with E-state index in [0.717, 1.165) is 16.7 Å². The third kappa shape index (κ3) is 4.72. The molecule has 0 aliphatic carbocycles. The average molecular weight is 393 g/mol. The summed E-state index contributed by atoms with van der Waals surface area (Å²) in [5.41, 5.74) is 7.77. The van der Waals surface area contributed by atoms with Crippen molar-refractivity contribution >= 4 is 12.1 Å². The smallest absolute Gasteiger partial charge is 0.230 e. The molecule has 0 saturated heterocycles. The Hall–Kier alpha value is -2.96. The van der Waals surface area contributed by atoms with Gasteiger partial charge < -0.3 is 20.9 Å². The number of benzene rings is 2. The molecule has 1 aliphatic heterocycles. The molecule has 2 aromatic carbocycles. The summed E-state index contributed by atoms with van der Waals surface area (Å²) in [7, 11) is 0. The summed E-state index contributed by atoms with van der Waals surface area (Å²) in [6.45, 7) is 4.11. The van der Waals surface area contributed by atoms with Crippen molar-refractivity contribution in [3.63, 3.8) is 0 Å². The van der Waals surface area contributed by atoms with Gasteiger partial charge in [-0.25, -0.2) is 0 Å². The Morgan fingerprint density at radius 1 is 1.21 bits per heavy atom. The van der Waals surface area contributed by atoms with E-state index in [1.165, 1.54) is 0 Å². The Morgan fingerprint density at radius 3 is 2.45 bits per heavy atom. The van der Waals surface area contributed by atoms with Gasteiger partial charge in [0, 0.05) is 18.3 Å². The van der Waals surface area contributed by atoms with Crippen LogP contribution in [-0.2, 0) is 4.79 Å². The molecule has 2 aromatic rings. The van der Waals surface area contributed by atoms with Crippen LogP contribution >= 0.6 is 0 Å². The fourth-order valence-electron chi connectivity index (χ4n) is 3.26. The summed E-state index contributed by atoms with van der Waals surface area (Å²) < 4.78 is 5.68. The number of carbonyl (C=O) groups excluding carboxylic acids is 1. The number of nitrogens with one attached hydrogen (secondary N) is 1. The van der Waals surface area contributed by atoms with Gasteiger partial charge in [-0.05, 0) is 37.1 Å². The molecule has 0 aromatic heterocycles. The van der Waals surface area contributed by atoms with E-state index >= 15 is 0 Å². The molecule has 0 bridgehead atoms. The van der Waals surface area contributed by atoms with Crippen molar-refractivity contribution in [1.82, 2.24) is 5.32 Å². The first-order valence-corrected chi connectivity index (χ1v) is 9.66. The van der Waals surface area contributed by atoms with Gasteiger partial charge in [0.1, 0.15) is 18.5 Å². The van der Waals surface area contributed by atoms with Crippen LogP contribution in [0.1, 0.15) is 37.0 Å². The molecule has 0 radical (unpaired) electrons. The molecule has 3 atom stereocenters. The molecule has 1 aliphatic rings. The van der Waals surface area contributed by atoms with Crippen molar-refractivity contribution in [2.24, 2.45) is 10.7 Å². The predicted octanol–water partition coefficient (Wildman–Crippen LogP) is 2.70. The number of aliphatic hydroxyl groups is 1. The fourth-order valence-corrected chi connectivity index (χ4v) is 3.26. The van der Waals surface area contributed by atoms with Crippen LogP contribution in [0.15, 0.2) is 71.2 Å². The number of ether oxygens (including phenoxy) is 1. The summed E-state index contributed by atoms with van der Waals surface area (Å²) in [5, 5.41) is 13.2. The topological polar surface area (TPSA) is 96.9 Å². The summed E-state index contributed by atoms with van der Waals surface area (Å²) in [4.78, 5) is 17.0. The van der Waals surface area contributed by atoms with Gasteiger partial charge in [-0.1, -0.05) is 48.5 Å². The number of hydrogen-bond donors (Lipinski definition) is 3. The van der Waals surface area contributed by atoms with Gasteiger partial charge in [-0.3, -0.25) is 9.79 Å². The van der Waals surface area contributed by atoms with Gasteiger partial charge in [0.25, 0.3) is 0 Å². The van der Waals surface area contributed by atoms with Gasteiger partial charge in [0.15, 0.2) is 5.66 Å². The summed E-state index contributed by atoms with van der Waals surface area (Å²) in [6.07, 6.45) is 2.97. The minimum Gasteiger partial charge on any atom is -0.491 e. The largest absolute Gasteiger partial charge is 0.491 e. The Labute approximate surface area is 171 Å². The van der Waals surface area contributed by atoms with Gasteiger partial charge in [-0.2, -0.15) is 0 Å². The van der Waals surface area contributed by atoms with Crippen LogP contribution in [0.5, 0.6) is 5.75 Å². The fraction of sp³-hybridized carbons (Fsp3) is 0.304. The van der Waals surface area contributed by atoms with Crippen LogP contribution < -0.4 is 15.8 Å². The lowest BCUT2D eigenvalue weighted by molar-refractivity contribution is -0.123. The van der Waals surface area contributed by atoms with Crippen LogP contribution in [0, 0.1) is 0 Å². The lowest BCUT2D eigenvalue weighted by Gasteiger charge is -2.35. The zero-order valence-corrected chi connectivity index (χ0v) is 16.7. The third-order valence-electron chi connectivity index (χ3n) is 5.13. The number of aliphatic imine (C=N–C) groups is 1. The third-order valence-corrected chi connectivity index (χ3v) is 5.13. The zero-order chi connectivity index (χ0) is 20.9. The molecule has 29 heavy (non-hydrogen) atoms. The lowest BCUT2D eigenvalue weighted by Crippen LogP contribution is -2.53.